The van der Waals surface area contributed by atoms with Crippen LogP contribution in [-0.4, -0.2) is 30.6 Å². The van der Waals surface area contributed by atoms with Crippen molar-refractivity contribution >= 4 is 45.5 Å². The third-order valence-electron chi connectivity index (χ3n) is 4.65. The normalized spacial score (nSPS) is 11.2. The molecule has 0 saturated carbocycles. The van der Waals surface area contributed by atoms with Crippen LogP contribution in [0.15, 0.2) is 48.2 Å². The molecule has 7 heteroatoms. The Hall–Kier alpha value is -2.99. The predicted molar refractivity (Wildman–Crippen MR) is 130 cm³/mol. The number of carbonyl (C=O) groups excluding carboxylic acids is 1. The number of nitriles is 1. The topological polar surface area (TPSA) is 87.1 Å². The van der Waals surface area contributed by atoms with E-state index in [2.05, 4.69) is 32.9 Å². The molecule has 0 aliphatic heterocycles. The van der Waals surface area contributed by atoms with Gasteiger partial charge < -0.3 is 19.8 Å². The molecule has 0 saturated heterocycles. The number of benzene rings is 2. The summed E-state index contributed by atoms with van der Waals surface area (Å²) in [6, 6.07) is 13.7. The summed E-state index contributed by atoms with van der Waals surface area (Å²) in [7, 11) is 0. The number of carbonyl (C=O) groups is 1. The summed E-state index contributed by atoms with van der Waals surface area (Å²) in [5, 5.41) is 13.5. The lowest BCUT2D eigenvalue weighted by atomic mass is 10.1. The van der Waals surface area contributed by atoms with E-state index in [0.717, 1.165) is 20.0 Å². The molecule has 160 valence electrons. The Morgan fingerprint density at radius 3 is 2.74 bits per heavy atom. The monoisotopic (exact) mass is 529 g/mol. The maximum absolute atomic E-state index is 12.6. The minimum atomic E-state index is -0.399. The van der Waals surface area contributed by atoms with Crippen LogP contribution >= 0.6 is 22.6 Å². The highest BCUT2D eigenvalue weighted by Crippen LogP contribution is 2.35. The van der Waals surface area contributed by atoms with E-state index in [4.69, 9.17) is 9.47 Å². The standard InChI is InChI=1S/C24H24IN3O3/c1-3-30-22-13-16(12-20(25)23(22)31-4-2)11-18(14-26)24(29)27-10-9-17-15-28-21-8-6-5-7-19(17)21/h5-8,11-13,15,28H,3-4,9-10H2,1-2H3,(H,27,29)/b18-11-. The van der Waals surface area contributed by atoms with Crippen molar-refractivity contribution in [3.8, 4) is 17.6 Å². The van der Waals surface area contributed by atoms with Crippen LogP contribution in [0.2, 0.25) is 0 Å². The molecule has 31 heavy (non-hydrogen) atoms. The third kappa shape index (κ3) is 5.58. The number of ether oxygens (including phenoxy) is 2. The van der Waals surface area contributed by atoms with Gasteiger partial charge in [0.25, 0.3) is 5.91 Å². The average molecular weight is 529 g/mol. The number of fused-ring (bicyclic) bond motifs is 1. The van der Waals surface area contributed by atoms with E-state index in [-0.39, 0.29) is 5.57 Å². The van der Waals surface area contributed by atoms with E-state index in [1.807, 2.05) is 56.4 Å². The zero-order valence-corrected chi connectivity index (χ0v) is 19.7. The molecule has 0 atom stereocenters. The number of aromatic amines is 1. The van der Waals surface area contributed by atoms with E-state index in [9.17, 15) is 10.1 Å². The molecule has 2 aromatic carbocycles. The molecule has 3 aromatic rings. The zero-order chi connectivity index (χ0) is 22.2. The number of hydrogen-bond donors (Lipinski definition) is 2. The Kier molecular flexibility index (Phi) is 7.95. The first-order valence-corrected chi connectivity index (χ1v) is 11.2. The van der Waals surface area contributed by atoms with Crippen molar-refractivity contribution in [1.82, 2.24) is 10.3 Å². The highest BCUT2D eigenvalue weighted by Gasteiger charge is 2.14. The Balaban J connectivity index is 1.72. The van der Waals surface area contributed by atoms with Gasteiger partial charge in [-0.2, -0.15) is 5.26 Å². The summed E-state index contributed by atoms with van der Waals surface area (Å²) in [4.78, 5) is 15.8. The summed E-state index contributed by atoms with van der Waals surface area (Å²) in [6.07, 6.45) is 4.19. The lowest BCUT2D eigenvalue weighted by Crippen LogP contribution is -2.26. The maximum atomic E-state index is 12.6. The van der Waals surface area contributed by atoms with E-state index in [1.165, 1.54) is 0 Å². The van der Waals surface area contributed by atoms with Crippen LogP contribution in [0.25, 0.3) is 17.0 Å². The first kappa shape index (κ1) is 22.7. The van der Waals surface area contributed by atoms with Crippen LogP contribution in [0.5, 0.6) is 11.5 Å². The van der Waals surface area contributed by atoms with Gasteiger partial charge in [-0.05, 0) is 78.3 Å². The summed E-state index contributed by atoms with van der Waals surface area (Å²) in [5.41, 5.74) is 2.94. The number of H-pyrrole nitrogens is 1. The number of amides is 1. The number of para-hydroxylation sites is 1. The van der Waals surface area contributed by atoms with Gasteiger partial charge in [0.2, 0.25) is 0 Å². The van der Waals surface area contributed by atoms with Crippen LogP contribution in [0.4, 0.5) is 0 Å². The number of rotatable bonds is 9. The van der Waals surface area contributed by atoms with Crippen LogP contribution in [0.3, 0.4) is 0 Å². The smallest absolute Gasteiger partial charge is 0.261 e. The first-order chi connectivity index (χ1) is 15.1. The molecule has 1 heterocycles. The minimum absolute atomic E-state index is 0.0429. The average Bonchev–Trinajstić information content (AvgIpc) is 3.17. The van der Waals surface area contributed by atoms with Gasteiger partial charge in [0, 0.05) is 23.6 Å². The molecule has 0 aliphatic rings. The minimum Gasteiger partial charge on any atom is -0.490 e. The second-order valence-electron chi connectivity index (χ2n) is 6.73. The summed E-state index contributed by atoms with van der Waals surface area (Å²) in [5.74, 6) is 0.868. The Bertz CT molecular complexity index is 1140. The van der Waals surface area contributed by atoms with Crippen molar-refractivity contribution in [1.29, 1.82) is 5.26 Å². The molecule has 0 aliphatic carbocycles. The number of nitrogens with one attached hydrogen (secondary N) is 2. The number of nitrogens with zero attached hydrogens (tertiary/aromatic N) is 1. The van der Waals surface area contributed by atoms with Crippen molar-refractivity contribution < 1.29 is 14.3 Å². The fourth-order valence-corrected chi connectivity index (χ4v) is 4.06. The van der Waals surface area contributed by atoms with Gasteiger partial charge in [-0.15, -0.1) is 0 Å². The third-order valence-corrected chi connectivity index (χ3v) is 5.45. The molecule has 0 unspecified atom stereocenters. The fourth-order valence-electron chi connectivity index (χ4n) is 3.28. The van der Waals surface area contributed by atoms with Gasteiger partial charge in [-0.1, -0.05) is 18.2 Å². The van der Waals surface area contributed by atoms with Crippen molar-refractivity contribution in [2.45, 2.75) is 20.3 Å². The van der Waals surface area contributed by atoms with Gasteiger partial charge in [0.05, 0.1) is 16.8 Å². The lowest BCUT2D eigenvalue weighted by Gasteiger charge is -2.13. The van der Waals surface area contributed by atoms with Crippen molar-refractivity contribution in [3.63, 3.8) is 0 Å². The molecular formula is C24H24IN3O3. The molecule has 6 nitrogen and oxygen atoms in total. The maximum Gasteiger partial charge on any atom is 0.261 e. The summed E-state index contributed by atoms with van der Waals surface area (Å²) < 4.78 is 12.2. The second-order valence-corrected chi connectivity index (χ2v) is 7.89. The van der Waals surface area contributed by atoms with Crippen molar-refractivity contribution in [3.05, 3.63) is 62.9 Å². The van der Waals surface area contributed by atoms with E-state index in [1.54, 1.807) is 12.1 Å². The van der Waals surface area contributed by atoms with Crippen LogP contribution in [0.1, 0.15) is 25.0 Å². The largest absolute Gasteiger partial charge is 0.490 e. The van der Waals surface area contributed by atoms with Crippen molar-refractivity contribution in [2.24, 2.45) is 0 Å². The number of halogens is 1. The quantitative estimate of drug-likeness (QED) is 0.236. The second kappa shape index (κ2) is 10.9. The number of hydrogen-bond acceptors (Lipinski definition) is 4. The molecule has 3 rings (SSSR count). The van der Waals surface area contributed by atoms with Crippen LogP contribution in [0, 0.1) is 14.9 Å². The lowest BCUT2D eigenvalue weighted by molar-refractivity contribution is -0.117. The molecule has 0 fully saturated rings. The number of aromatic nitrogens is 1. The highest BCUT2D eigenvalue weighted by atomic mass is 127. The van der Waals surface area contributed by atoms with Crippen LogP contribution < -0.4 is 14.8 Å². The fraction of sp³-hybridized carbons (Fsp3) is 0.250. The van der Waals surface area contributed by atoms with Gasteiger partial charge >= 0.3 is 0 Å². The molecule has 0 radical (unpaired) electrons. The van der Waals surface area contributed by atoms with E-state index >= 15 is 0 Å². The first-order valence-electron chi connectivity index (χ1n) is 10.1. The molecule has 1 aromatic heterocycles. The zero-order valence-electron chi connectivity index (χ0n) is 17.5. The Labute approximate surface area is 195 Å². The SMILES string of the molecule is CCOc1cc(/C=C(/C#N)C(=O)NCCc2c[nH]c3ccccc23)cc(I)c1OCC. The predicted octanol–water partition coefficient (Wildman–Crippen LogP) is 4.84. The molecular weight excluding hydrogens is 505 g/mol. The summed E-state index contributed by atoms with van der Waals surface area (Å²) in [6.45, 7) is 5.25. The Morgan fingerprint density at radius 2 is 2.00 bits per heavy atom. The van der Waals surface area contributed by atoms with E-state index < -0.39 is 5.91 Å². The molecule has 1 amide bonds. The molecule has 2 N–H and O–H groups in total. The molecule has 0 spiro atoms. The Morgan fingerprint density at radius 1 is 1.23 bits per heavy atom. The highest BCUT2D eigenvalue weighted by molar-refractivity contribution is 14.1. The molecule has 0 bridgehead atoms. The van der Waals surface area contributed by atoms with Gasteiger partial charge in [0.1, 0.15) is 11.6 Å². The van der Waals surface area contributed by atoms with Crippen molar-refractivity contribution in [2.75, 3.05) is 19.8 Å². The van der Waals surface area contributed by atoms with Crippen LogP contribution in [-0.2, 0) is 11.2 Å². The van der Waals surface area contributed by atoms with E-state index in [0.29, 0.717) is 43.2 Å². The van der Waals surface area contributed by atoms with Gasteiger partial charge in [0.15, 0.2) is 11.5 Å². The summed E-state index contributed by atoms with van der Waals surface area (Å²) >= 11 is 2.17. The van der Waals surface area contributed by atoms with Gasteiger partial charge in [-0.25, -0.2) is 0 Å². The van der Waals surface area contributed by atoms with Gasteiger partial charge in [-0.3, -0.25) is 4.79 Å².